The van der Waals surface area contributed by atoms with Crippen LogP contribution >= 0.6 is 0 Å². The minimum atomic E-state index is -4.59. The van der Waals surface area contributed by atoms with Crippen molar-refractivity contribution in [1.82, 2.24) is 4.90 Å². The number of alkyl halides is 3. The molecule has 2 N–H and O–H groups in total. The summed E-state index contributed by atoms with van der Waals surface area (Å²) < 4.78 is 35.4. The van der Waals surface area contributed by atoms with Crippen molar-refractivity contribution in [2.45, 2.75) is 25.3 Å². The van der Waals surface area contributed by atoms with Crippen LogP contribution in [0.5, 0.6) is 0 Å². The molecule has 0 aromatic heterocycles. The van der Waals surface area contributed by atoms with Gasteiger partial charge in [0.1, 0.15) is 0 Å². The van der Waals surface area contributed by atoms with E-state index < -0.39 is 24.9 Å². The van der Waals surface area contributed by atoms with E-state index in [2.05, 4.69) is 0 Å². The maximum Gasteiger partial charge on any atom is 0.415 e. The molecular weight excluding hydrogens is 187 g/mol. The molecule has 6 heteroatoms. The van der Waals surface area contributed by atoms with Gasteiger partial charge in [0.2, 0.25) is 0 Å². The third-order valence-electron chi connectivity index (χ3n) is 1.44. The molecule has 2 atom stereocenters. The first-order valence-electron chi connectivity index (χ1n) is 3.85. The van der Waals surface area contributed by atoms with E-state index in [4.69, 9.17) is 10.2 Å². The Morgan fingerprint density at radius 2 is 1.69 bits per heavy atom. The Morgan fingerprint density at radius 1 is 1.23 bits per heavy atom. The first-order valence-corrected chi connectivity index (χ1v) is 3.85. The number of hydrogen-bond donors (Lipinski definition) is 2. The zero-order valence-corrected chi connectivity index (χ0v) is 7.54. The minimum Gasteiger partial charge on any atom is -0.392 e. The van der Waals surface area contributed by atoms with Gasteiger partial charge in [-0.05, 0) is 14.0 Å². The Labute approximate surface area is 74.8 Å². The zero-order valence-electron chi connectivity index (χ0n) is 7.54. The van der Waals surface area contributed by atoms with E-state index in [-0.39, 0.29) is 6.54 Å². The van der Waals surface area contributed by atoms with Gasteiger partial charge in [-0.2, -0.15) is 13.2 Å². The van der Waals surface area contributed by atoms with Crippen LogP contribution in [0.3, 0.4) is 0 Å². The van der Waals surface area contributed by atoms with Gasteiger partial charge in [0.25, 0.3) is 0 Å². The molecule has 0 amide bonds. The molecule has 0 radical (unpaired) electrons. The molecular formula is C7H14F3NO2. The van der Waals surface area contributed by atoms with Crippen LogP contribution in [0.2, 0.25) is 0 Å². The van der Waals surface area contributed by atoms with Crippen molar-refractivity contribution in [3.8, 4) is 0 Å². The van der Waals surface area contributed by atoms with Crippen LogP contribution in [0.25, 0.3) is 0 Å². The minimum absolute atomic E-state index is 0.104. The third-order valence-corrected chi connectivity index (χ3v) is 1.44. The molecule has 0 rings (SSSR count). The summed E-state index contributed by atoms with van der Waals surface area (Å²) in [5, 5.41) is 17.5. The number of likely N-dealkylation sites (N-methyl/N-ethyl adjacent to an activating group) is 1. The van der Waals surface area contributed by atoms with E-state index in [9.17, 15) is 13.2 Å². The number of hydrogen-bond acceptors (Lipinski definition) is 3. The monoisotopic (exact) mass is 201 g/mol. The average molecular weight is 201 g/mol. The largest absolute Gasteiger partial charge is 0.415 e. The van der Waals surface area contributed by atoms with E-state index in [1.807, 2.05) is 0 Å². The molecule has 0 spiro atoms. The lowest BCUT2D eigenvalue weighted by Gasteiger charge is -2.22. The van der Waals surface area contributed by atoms with Crippen LogP contribution in [0.4, 0.5) is 13.2 Å². The van der Waals surface area contributed by atoms with E-state index in [1.165, 1.54) is 18.9 Å². The summed E-state index contributed by atoms with van der Waals surface area (Å²) in [4.78, 5) is 1.23. The summed E-state index contributed by atoms with van der Waals surface area (Å²) in [7, 11) is 1.40. The van der Waals surface area contributed by atoms with Crippen molar-refractivity contribution >= 4 is 0 Å². The van der Waals surface area contributed by atoms with Gasteiger partial charge < -0.3 is 15.1 Å². The lowest BCUT2D eigenvalue weighted by atomic mass is 10.3. The molecule has 2 unspecified atom stereocenters. The highest BCUT2D eigenvalue weighted by atomic mass is 19.4. The van der Waals surface area contributed by atoms with Crippen LogP contribution < -0.4 is 0 Å². The number of aliphatic hydroxyl groups is 2. The smallest absolute Gasteiger partial charge is 0.392 e. The lowest BCUT2D eigenvalue weighted by molar-refractivity contribution is -0.207. The highest BCUT2D eigenvalue weighted by Gasteiger charge is 2.38. The van der Waals surface area contributed by atoms with E-state index in [0.717, 1.165) is 0 Å². The summed E-state index contributed by atoms with van der Waals surface area (Å²) in [6.07, 6.45) is -7.64. The second kappa shape index (κ2) is 4.78. The maximum atomic E-state index is 11.8. The van der Waals surface area contributed by atoms with Gasteiger partial charge in [-0.3, -0.25) is 0 Å². The van der Waals surface area contributed by atoms with Gasteiger partial charge in [-0.15, -0.1) is 0 Å². The van der Waals surface area contributed by atoms with Crippen LogP contribution in [0, 0.1) is 0 Å². The predicted octanol–water partition coefficient (Wildman–Crippen LogP) is 0.222. The molecule has 0 bridgehead atoms. The zero-order chi connectivity index (χ0) is 10.6. The lowest BCUT2D eigenvalue weighted by Crippen LogP contribution is -2.41. The van der Waals surface area contributed by atoms with Gasteiger partial charge in [0.05, 0.1) is 6.10 Å². The fourth-order valence-electron chi connectivity index (χ4n) is 0.924. The van der Waals surface area contributed by atoms with Crippen molar-refractivity contribution in [3.63, 3.8) is 0 Å². The van der Waals surface area contributed by atoms with Crippen molar-refractivity contribution < 1.29 is 23.4 Å². The summed E-state index contributed by atoms with van der Waals surface area (Å²) >= 11 is 0. The van der Waals surface area contributed by atoms with Gasteiger partial charge in [0, 0.05) is 13.1 Å². The highest BCUT2D eigenvalue weighted by molar-refractivity contribution is 4.69. The van der Waals surface area contributed by atoms with Crippen LogP contribution in [-0.2, 0) is 0 Å². The third kappa shape index (κ3) is 5.84. The van der Waals surface area contributed by atoms with Crippen molar-refractivity contribution in [1.29, 1.82) is 0 Å². The molecule has 0 aliphatic rings. The molecule has 80 valence electrons. The van der Waals surface area contributed by atoms with Crippen LogP contribution in [-0.4, -0.2) is 53.6 Å². The van der Waals surface area contributed by atoms with Gasteiger partial charge >= 0.3 is 6.18 Å². The second-order valence-corrected chi connectivity index (χ2v) is 3.13. The van der Waals surface area contributed by atoms with Gasteiger partial charge in [-0.1, -0.05) is 0 Å². The standard InChI is InChI=1S/C7H14F3NO2/c1-5(12)3-11(2)4-6(13)7(8,9)10/h5-6,12-13H,3-4H2,1-2H3. The number of rotatable bonds is 4. The number of nitrogens with zero attached hydrogens (tertiary/aromatic N) is 1. The molecule has 0 aromatic rings. The summed E-state index contributed by atoms with van der Waals surface area (Å²) in [6.45, 7) is 1.05. The first kappa shape index (κ1) is 12.7. The first-order chi connectivity index (χ1) is 5.73. The SMILES string of the molecule is CC(O)CN(C)CC(O)C(F)(F)F. The average Bonchev–Trinajstić information content (AvgIpc) is 1.82. The molecule has 0 saturated heterocycles. The van der Waals surface area contributed by atoms with E-state index in [1.54, 1.807) is 0 Å². The number of halogens is 3. The van der Waals surface area contributed by atoms with E-state index in [0.29, 0.717) is 0 Å². The summed E-state index contributed by atoms with van der Waals surface area (Å²) in [5.41, 5.74) is 0. The van der Waals surface area contributed by atoms with Gasteiger partial charge in [-0.25, -0.2) is 0 Å². The quantitative estimate of drug-likeness (QED) is 0.684. The molecule has 0 heterocycles. The molecule has 13 heavy (non-hydrogen) atoms. The van der Waals surface area contributed by atoms with Gasteiger partial charge in [0.15, 0.2) is 6.10 Å². The second-order valence-electron chi connectivity index (χ2n) is 3.13. The fraction of sp³-hybridized carbons (Fsp3) is 1.00. The molecule has 0 aliphatic heterocycles. The Morgan fingerprint density at radius 3 is 2.00 bits per heavy atom. The fourth-order valence-corrected chi connectivity index (χ4v) is 0.924. The molecule has 0 fully saturated rings. The predicted molar refractivity (Wildman–Crippen MR) is 41.2 cm³/mol. The van der Waals surface area contributed by atoms with Crippen molar-refractivity contribution in [2.24, 2.45) is 0 Å². The maximum absolute atomic E-state index is 11.8. The number of aliphatic hydroxyl groups excluding tert-OH is 2. The van der Waals surface area contributed by atoms with Crippen molar-refractivity contribution in [2.75, 3.05) is 20.1 Å². The topological polar surface area (TPSA) is 43.7 Å². The van der Waals surface area contributed by atoms with Crippen LogP contribution in [0.1, 0.15) is 6.92 Å². The Hall–Kier alpha value is -0.330. The molecule has 0 saturated carbocycles. The van der Waals surface area contributed by atoms with E-state index >= 15 is 0 Å². The Kier molecular flexibility index (Phi) is 4.66. The summed E-state index contributed by atoms with van der Waals surface area (Å²) in [5.74, 6) is 0. The highest BCUT2D eigenvalue weighted by Crippen LogP contribution is 2.20. The Balaban J connectivity index is 3.85. The molecule has 3 nitrogen and oxygen atoms in total. The van der Waals surface area contributed by atoms with Crippen molar-refractivity contribution in [3.05, 3.63) is 0 Å². The molecule has 0 aromatic carbocycles. The molecule has 0 aliphatic carbocycles. The normalized spacial score (nSPS) is 17.5. The summed E-state index contributed by atoms with van der Waals surface area (Å²) in [6, 6.07) is 0. The van der Waals surface area contributed by atoms with Crippen LogP contribution in [0.15, 0.2) is 0 Å². The Bertz CT molecular complexity index is 149.